The average molecular weight is 289 g/mol. The zero-order chi connectivity index (χ0) is 15.0. The van der Waals surface area contributed by atoms with Crippen LogP contribution in [0.2, 0.25) is 0 Å². The van der Waals surface area contributed by atoms with Crippen molar-refractivity contribution in [1.82, 2.24) is 15.0 Å². The molecule has 1 N–H and O–H groups in total. The molecule has 20 heavy (non-hydrogen) atoms. The molecule has 2 rings (SSSR count). The molecule has 2 aromatic rings. The molecule has 0 saturated carbocycles. The summed E-state index contributed by atoms with van der Waals surface area (Å²) in [5.74, 6) is -8.06. The van der Waals surface area contributed by atoms with Gasteiger partial charge in [-0.2, -0.15) is 0 Å². The first-order valence-electron chi connectivity index (χ1n) is 5.39. The fourth-order valence-electron chi connectivity index (χ4n) is 1.71. The van der Waals surface area contributed by atoms with Gasteiger partial charge in [-0.1, -0.05) is 12.1 Å². The summed E-state index contributed by atoms with van der Waals surface area (Å²) in [7, 11) is 0. The summed E-state index contributed by atoms with van der Waals surface area (Å²) < 4.78 is 54.0. The van der Waals surface area contributed by atoms with Gasteiger partial charge >= 0.3 is 5.97 Å². The molecule has 106 valence electrons. The number of benzene rings is 1. The van der Waals surface area contributed by atoms with Crippen molar-refractivity contribution in [2.45, 2.75) is 13.3 Å². The summed E-state index contributed by atoms with van der Waals surface area (Å²) in [6.45, 7) is 1.48. The zero-order valence-electron chi connectivity index (χ0n) is 9.99. The van der Waals surface area contributed by atoms with E-state index in [9.17, 15) is 22.4 Å². The smallest absolute Gasteiger partial charge is 0.358 e. The minimum Gasteiger partial charge on any atom is -0.476 e. The number of nitrogens with zero attached hydrogens (tertiary/aromatic N) is 3. The summed E-state index contributed by atoms with van der Waals surface area (Å²) in [4.78, 5) is 10.9. The second-order valence-corrected chi connectivity index (χ2v) is 3.77. The molecule has 0 bridgehead atoms. The molecule has 0 spiro atoms. The number of carbonyl (C=O) groups is 1. The molecule has 1 heterocycles. The highest BCUT2D eigenvalue weighted by atomic mass is 19.2. The second-order valence-electron chi connectivity index (χ2n) is 3.77. The Hall–Kier alpha value is -2.45. The lowest BCUT2D eigenvalue weighted by atomic mass is 10.2. The zero-order valence-corrected chi connectivity index (χ0v) is 9.99. The summed E-state index contributed by atoms with van der Waals surface area (Å²) in [6, 6.07) is 0.0504. The molecule has 5 nitrogen and oxygen atoms in total. The normalized spacial score (nSPS) is 10.8. The number of hydrogen-bond acceptors (Lipinski definition) is 3. The topological polar surface area (TPSA) is 68.0 Å². The van der Waals surface area contributed by atoms with E-state index in [0.717, 1.165) is 0 Å². The molecule has 0 unspecified atom stereocenters. The Labute approximate surface area is 109 Å². The maximum absolute atomic E-state index is 13.6. The number of rotatable bonds is 3. The number of carboxylic acid groups (broad SMARTS) is 1. The van der Waals surface area contributed by atoms with Gasteiger partial charge in [-0.25, -0.2) is 27.0 Å². The largest absolute Gasteiger partial charge is 0.476 e. The fourth-order valence-corrected chi connectivity index (χ4v) is 1.71. The highest BCUT2D eigenvalue weighted by Crippen LogP contribution is 2.24. The Morgan fingerprint density at radius 1 is 1.25 bits per heavy atom. The van der Waals surface area contributed by atoms with Crippen molar-refractivity contribution < 1.29 is 27.5 Å². The van der Waals surface area contributed by atoms with Gasteiger partial charge in [0.1, 0.15) is 5.69 Å². The number of hydrogen-bond donors (Lipinski definition) is 1. The predicted molar refractivity (Wildman–Crippen MR) is 57.5 cm³/mol. The van der Waals surface area contributed by atoms with Crippen molar-refractivity contribution in [2.75, 3.05) is 0 Å². The summed E-state index contributed by atoms with van der Waals surface area (Å²) in [5.41, 5.74) is -1.87. The third kappa shape index (κ3) is 2.00. The molecule has 0 radical (unpaired) electrons. The Bertz CT molecular complexity index is 673. The van der Waals surface area contributed by atoms with Crippen molar-refractivity contribution in [3.63, 3.8) is 0 Å². The summed E-state index contributed by atoms with van der Waals surface area (Å²) in [5, 5.41) is 15.3. The quantitative estimate of drug-likeness (QED) is 0.694. The highest BCUT2D eigenvalue weighted by molar-refractivity contribution is 5.86. The lowest BCUT2D eigenvalue weighted by Gasteiger charge is -2.08. The van der Waals surface area contributed by atoms with Gasteiger partial charge in [0.25, 0.3) is 0 Å². The summed E-state index contributed by atoms with van der Waals surface area (Å²) >= 11 is 0. The van der Waals surface area contributed by atoms with Crippen LogP contribution in [-0.4, -0.2) is 26.1 Å². The van der Waals surface area contributed by atoms with E-state index < -0.39 is 40.6 Å². The van der Waals surface area contributed by atoms with Crippen molar-refractivity contribution in [2.24, 2.45) is 0 Å². The summed E-state index contributed by atoms with van der Waals surface area (Å²) in [6.07, 6.45) is -0.00829. The minimum absolute atomic E-state index is 0.00829. The van der Waals surface area contributed by atoms with Crippen LogP contribution in [0.5, 0.6) is 0 Å². The maximum atomic E-state index is 13.6. The number of aromatic nitrogens is 3. The molecule has 0 aliphatic carbocycles. The van der Waals surface area contributed by atoms with E-state index in [1.807, 2.05) is 0 Å². The molecule has 1 aromatic heterocycles. The van der Waals surface area contributed by atoms with Gasteiger partial charge in [-0.05, 0) is 6.42 Å². The van der Waals surface area contributed by atoms with Crippen LogP contribution >= 0.6 is 0 Å². The van der Waals surface area contributed by atoms with Crippen LogP contribution in [0.3, 0.4) is 0 Å². The number of halogens is 4. The third-order valence-electron chi connectivity index (χ3n) is 2.60. The molecule has 0 aliphatic heterocycles. The van der Waals surface area contributed by atoms with E-state index in [1.165, 1.54) is 6.92 Å². The van der Waals surface area contributed by atoms with Crippen molar-refractivity contribution in [1.29, 1.82) is 0 Å². The van der Waals surface area contributed by atoms with Crippen molar-refractivity contribution >= 4 is 5.97 Å². The monoisotopic (exact) mass is 289 g/mol. The van der Waals surface area contributed by atoms with Crippen LogP contribution < -0.4 is 0 Å². The first-order valence-corrected chi connectivity index (χ1v) is 5.39. The average Bonchev–Trinajstić information content (AvgIpc) is 2.80. The molecular weight excluding hydrogens is 282 g/mol. The third-order valence-corrected chi connectivity index (χ3v) is 2.60. The molecule has 0 saturated heterocycles. The number of aromatic carboxylic acids is 1. The number of carboxylic acids is 1. The van der Waals surface area contributed by atoms with Gasteiger partial charge in [0.15, 0.2) is 29.0 Å². The first-order chi connectivity index (χ1) is 9.38. The lowest BCUT2D eigenvalue weighted by molar-refractivity contribution is 0.0689. The molecule has 1 aromatic carbocycles. The van der Waals surface area contributed by atoms with E-state index in [2.05, 4.69) is 10.3 Å². The molecule has 0 amide bonds. The Morgan fingerprint density at radius 2 is 1.80 bits per heavy atom. The van der Waals surface area contributed by atoms with Gasteiger partial charge in [0.2, 0.25) is 0 Å². The maximum Gasteiger partial charge on any atom is 0.358 e. The highest BCUT2D eigenvalue weighted by Gasteiger charge is 2.26. The van der Waals surface area contributed by atoms with Crippen molar-refractivity contribution in [3.05, 3.63) is 40.7 Å². The Balaban J connectivity index is 2.79. The minimum atomic E-state index is -1.68. The van der Waals surface area contributed by atoms with Crippen LogP contribution in [0.15, 0.2) is 6.07 Å². The fraction of sp³-hybridized carbons (Fsp3) is 0.182. The van der Waals surface area contributed by atoms with Crippen LogP contribution in [0.25, 0.3) is 5.69 Å². The van der Waals surface area contributed by atoms with Gasteiger partial charge in [-0.3, -0.25) is 0 Å². The van der Waals surface area contributed by atoms with Crippen molar-refractivity contribution in [3.8, 4) is 5.69 Å². The van der Waals surface area contributed by atoms with E-state index in [4.69, 9.17) is 5.11 Å². The standard InChI is InChI=1S/C11H7F4N3O2/c1-2-6-9(11(19)20)16-17-18(6)10-7(14)4(12)3-5(13)8(10)15/h3H,2H2,1H3,(H,19,20). The predicted octanol–water partition coefficient (Wildman–Crippen LogP) is 2.08. The van der Waals surface area contributed by atoms with Crippen LogP contribution in [0.1, 0.15) is 23.1 Å². The van der Waals surface area contributed by atoms with Crippen LogP contribution in [0, 0.1) is 23.3 Å². The van der Waals surface area contributed by atoms with Gasteiger partial charge in [0, 0.05) is 6.07 Å². The molecule has 0 aliphatic rings. The first kappa shape index (κ1) is 14.0. The second kappa shape index (κ2) is 4.91. The molecular formula is C11H7F4N3O2. The Morgan fingerprint density at radius 3 is 2.25 bits per heavy atom. The van der Waals surface area contributed by atoms with E-state index in [-0.39, 0.29) is 18.2 Å². The molecule has 0 fully saturated rings. The van der Waals surface area contributed by atoms with Crippen LogP contribution in [0.4, 0.5) is 17.6 Å². The van der Waals surface area contributed by atoms with E-state index in [1.54, 1.807) is 0 Å². The van der Waals surface area contributed by atoms with E-state index in [0.29, 0.717) is 4.68 Å². The molecule has 9 heteroatoms. The van der Waals surface area contributed by atoms with E-state index >= 15 is 0 Å². The van der Waals surface area contributed by atoms with Crippen LogP contribution in [-0.2, 0) is 6.42 Å². The molecule has 0 atom stereocenters. The lowest BCUT2D eigenvalue weighted by Crippen LogP contribution is -2.11. The van der Waals surface area contributed by atoms with Gasteiger partial charge in [0.05, 0.1) is 5.69 Å². The van der Waals surface area contributed by atoms with Gasteiger partial charge < -0.3 is 5.11 Å². The Kier molecular flexibility index (Phi) is 3.43. The van der Waals surface area contributed by atoms with Gasteiger partial charge in [-0.15, -0.1) is 5.10 Å². The SMILES string of the molecule is CCc1c(C(=O)O)nnn1-c1c(F)c(F)cc(F)c1F.